The number of hydrogen-bond acceptors (Lipinski definition) is 5. The SMILES string of the molecule is CN1Cc2ccccc2NC(C(C)(C(=O)O)C2=c3ccc4c(c3CCC2)CC=c2cc(C(=O)OC(C)(C)C)ccc2=4)C1=O. The van der Waals surface area contributed by atoms with Crippen LogP contribution in [0, 0.1) is 15.9 Å². The van der Waals surface area contributed by atoms with Crippen LogP contribution >= 0.6 is 0 Å². The maximum absolute atomic E-state index is 13.8. The van der Waals surface area contributed by atoms with Crippen LogP contribution in [0.25, 0.3) is 11.6 Å². The second-order valence-corrected chi connectivity index (χ2v) is 13.1. The number of carbonyl (C=O) groups excluding carboxylic acids is 2. The molecule has 7 nitrogen and oxygen atoms in total. The number of para-hydroxylation sites is 1. The molecule has 0 radical (unpaired) electrons. The summed E-state index contributed by atoms with van der Waals surface area (Å²) in [7, 11) is 1.73. The van der Waals surface area contributed by atoms with Crippen molar-refractivity contribution in [3.63, 3.8) is 0 Å². The van der Waals surface area contributed by atoms with Crippen LogP contribution in [0.1, 0.15) is 67.6 Å². The lowest BCUT2D eigenvalue weighted by molar-refractivity contribution is -0.149. The lowest BCUT2D eigenvalue weighted by Crippen LogP contribution is -2.54. The first-order chi connectivity index (χ1) is 20.4. The van der Waals surface area contributed by atoms with Gasteiger partial charge in [0.2, 0.25) is 5.91 Å². The first-order valence-corrected chi connectivity index (χ1v) is 14.9. The highest BCUT2D eigenvalue weighted by Crippen LogP contribution is 2.41. The zero-order valence-electron chi connectivity index (χ0n) is 25.4. The molecular formula is C36H38N2O5. The number of carbonyl (C=O) groups is 3. The van der Waals surface area contributed by atoms with Crippen molar-refractivity contribution in [3.8, 4) is 0 Å². The summed E-state index contributed by atoms with van der Waals surface area (Å²) in [5.74, 6) is -1.60. The minimum absolute atomic E-state index is 0.235. The molecule has 1 aliphatic heterocycles. The number of carboxylic acid groups (broad SMARTS) is 1. The molecule has 2 aliphatic carbocycles. The van der Waals surface area contributed by atoms with Gasteiger partial charge in [-0.15, -0.1) is 0 Å². The molecule has 6 rings (SSSR count). The Morgan fingerprint density at radius 3 is 2.42 bits per heavy atom. The van der Waals surface area contributed by atoms with Gasteiger partial charge in [0.25, 0.3) is 0 Å². The van der Waals surface area contributed by atoms with Gasteiger partial charge in [0, 0.05) is 19.3 Å². The molecule has 0 spiro atoms. The summed E-state index contributed by atoms with van der Waals surface area (Å²) in [6.45, 7) is 7.69. The van der Waals surface area contributed by atoms with Gasteiger partial charge in [0.15, 0.2) is 0 Å². The molecule has 1 amide bonds. The highest BCUT2D eigenvalue weighted by atomic mass is 16.6. The molecule has 2 N–H and O–H groups in total. The summed E-state index contributed by atoms with van der Waals surface area (Å²) >= 11 is 0. The fourth-order valence-corrected chi connectivity index (χ4v) is 6.90. The van der Waals surface area contributed by atoms with Gasteiger partial charge in [0.05, 0.1) is 5.56 Å². The summed E-state index contributed by atoms with van der Waals surface area (Å²) in [6, 6.07) is 16.5. The lowest BCUT2D eigenvalue weighted by atomic mass is 9.69. The summed E-state index contributed by atoms with van der Waals surface area (Å²) < 4.78 is 5.58. The van der Waals surface area contributed by atoms with E-state index in [4.69, 9.17) is 4.74 Å². The van der Waals surface area contributed by atoms with Crippen LogP contribution in [0.5, 0.6) is 0 Å². The number of amides is 1. The molecule has 7 heteroatoms. The summed E-state index contributed by atoms with van der Waals surface area (Å²) in [5.41, 5.74) is 3.35. The van der Waals surface area contributed by atoms with Gasteiger partial charge in [-0.1, -0.05) is 42.5 Å². The number of fused-ring (bicyclic) bond motifs is 5. The number of likely N-dealkylation sites (N-methyl/N-ethyl adjacent to an activating group) is 1. The molecular weight excluding hydrogens is 540 g/mol. The van der Waals surface area contributed by atoms with Crippen LogP contribution < -0.4 is 15.8 Å². The number of esters is 1. The first kappa shape index (κ1) is 28.7. The summed E-state index contributed by atoms with van der Waals surface area (Å²) in [5, 5.41) is 18.3. The zero-order valence-corrected chi connectivity index (χ0v) is 25.4. The number of rotatable bonds is 4. The Morgan fingerprint density at radius 1 is 0.953 bits per heavy atom. The zero-order chi connectivity index (χ0) is 30.7. The van der Waals surface area contributed by atoms with E-state index in [-0.39, 0.29) is 11.9 Å². The first-order valence-electron chi connectivity index (χ1n) is 14.9. The smallest absolute Gasteiger partial charge is 0.338 e. The Labute approximate surface area is 251 Å². The van der Waals surface area contributed by atoms with Crippen molar-refractivity contribution in [2.75, 3.05) is 12.4 Å². The standard InChI is InChI=1S/C36H38N2O5/c1-35(2,3)43-33(40)22-14-15-24-21(19-22)13-16-27-25-10-8-11-29(28(25)18-17-26(24)27)36(4,34(41)42)31-32(39)38(5)20-23-9-6-7-12-30(23)37-31/h6-7,9,12-15,17-19,31,37H,8,10-11,16,20H2,1-5H3,(H,41,42). The van der Waals surface area contributed by atoms with E-state index in [1.807, 2.05) is 69.3 Å². The number of ether oxygens (including phenoxy) is 1. The van der Waals surface area contributed by atoms with Gasteiger partial charge in [-0.25, -0.2) is 4.79 Å². The minimum Gasteiger partial charge on any atom is -0.481 e. The number of nitrogens with one attached hydrogen (secondary N) is 1. The Kier molecular flexibility index (Phi) is 6.95. The van der Waals surface area contributed by atoms with Crippen molar-refractivity contribution >= 4 is 35.2 Å². The predicted molar refractivity (Wildman–Crippen MR) is 166 cm³/mol. The number of benzene rings is 3. The minimum atomic E-state index is -1.47. The average molecular weight is 579 g/mol. The van der Waals surface area contributed by atoms with Crippen LogP contribution in [0.2, 0.25) is 0 Å². The topological polar surface area (TPSA) is 95.9 Å². The third-order valence-corrected chi connectivity index (χ3v) is 9.11. The largest absolute Gasteiger partial charge is 0.481 e. The third kappa shape index (κ3) is 4.90. The van der Waals surface area contributed by atoms with Crippen molar-refractivity contribution < 1.29 is 24.2 Å². The van der Waals surface area contributed by atoms with Crippen molar-refractivity contribution in [1.82, 2.24) is 4.90 Å². The molecule has 0 bridgehead atoms. The molecule has 1 heterocycles. The Bertz CT molecular complexity index is 1900. The van der Waals surface area contributed by atoms with E-state index in [0.29, 0.717) is 24.9 Å². The molecule has 2 unspecified atom stereocenters. The molecule has 3 aliphatic rings. The predicted octanol–water partition coefficient (Wildman–Crippen LogP) is 4.30. The van der Waals surface area contributed by atoms with Crippen molar-refractivity contribution in [1.29, 1.82) is 0 Å². The fraction of sp³-hybridized carbons (Fsp3) is 0.361. The summed E-state index contributed by atoms with van der Waals surface area (Å²) in [4.78, 5) is 41.4. The monoisotopic (exact) mass is 578 g/mol. The molecule has 0 saturated heterocycles. The number of hydrogen-bond donors (Lipinski definition) is 2. The van der Waals surface area contributed by atoms with E-state index in [0.717, 1.165) is 56.1 Å². The average Bonchev–Trinajstić information content (AvgIpc) is 3.10. The molecule has 3 aromatic rings. The van der Waals surface area contributed by atoms with Gasteiger partial charge >= 0.3 is 11.9 Å². The number of carboxylic acids is 1. The van der Waals surface area contributed by atoms with Gasteiger partial charge < -0.3 is 20.1 Å². The second kappa shape index (κ2) is 10.4. The number of anilines is 1. The van der Waals surface area contributed by atoms with E-state index in [9.17, 15) is 19.5 Å². The van der Waals surface area contributed by atoms with E-state index >= 15 is 0 Å². The quantitative estimate of drug-likeness (QED) is 0.449. The van der Waals surface area contributed by atoms with Crippen LogP contribution in [0.4, 0.5) is 5.69 Å². The fourth-order valence-electron chi connectivity index (χ4n) is 6.90. The molecule has 43 heavy (non-hydrogen) atoms. The third-order valence-electron chi connectivity index (χ3n) is 9.11. The van der Waals surface area contributed by atoms with Crippen molar-refractivity contribution in [2.24, 2.45) is 5.41 Å². The van der Waals surface area contributed by atoms with Gasteiger partial charge in [-0.05, 0) is 115 Å². The molecule has 0 fully saturated rings. The van der Waals surface area contributed by atoms with Gasteiger partial charge in [-0.2, -0.15) is 0 Å². The van der Waals surface area contributed by atoms with Gasteiger partial charge in [0.1, 0.15) is 17.1 Å². The highest BCUT2D eigenvalue weighted by Gasteiger charge is 2.51. The van der Waals surface area contributed by atoms with Gasteiger partial charge in [-0.3, -0.25) is 9.59 Å². The van der Waals surface area contributed by atoms with Crippen LogP contribution in [-0.4, -0.2) is 46.5 Å². The normalized spacial score (nSPS) is 18.9. The van der Waals surface area contributed by atoms with E-state index in [2.05, 4.69) is 17.5 Å². The van der Waals surface area contributed by atoms with Crippen LogP contribution in [-0.2, 0) is 33.7 Å². The molecule has 0 saturated carbocycles. The maximum Gasteiger partial charge on any atom is 0.338 e. The molecule has 0 aromatic heterocycles. The van der Waals surface area contributed by atoms with Crippen LogP contribution in [0.15, 0.2) is 54.6 Å². The Balaban J connectivity index is 1.52. The highest BCUT2D eigenvalue weighted by molar-refractivity contribution is 5.99. The molecule has 222 valence electrons. The Hall–Kier alpha value is -4.39. The molecule has 2 atom stereocenters. The Morgan fingerprint density at radius 2 is 1.67 bits per heavy atom. The van der Waals surface area contributed by atoms with E-state index in [1.54, 1.807) is 18.9 Å². The molecule has 3 aromatic carbocycles. The second-order valence-electron chi connectivity index (χ2n) is 13.1. The maximum atomic E-state index is 13.8. The van der Waals surface area contributed by atoms with E-state index < -0.39 is 23.0 Å². The lowest BCUT2D eigenvalue weighted by Gasteiger charge is -2.38. The van der Waals surface area contributed by atoms with Crippen molar-refractivity contribution in [2.45, 2.75) is 71.6 Å². The number of aliphatic carboxylic acids is 1. The van der Waals surface area contributed by atoms with E-state index in [1.165, 1.54) is 5.56 Å². The van der Waals surface area contributed by atoms with Crippen molar-refractivity contribution in [3.05, 3.63) is 97.7 Å². The van der Waals surface area contributed by atoms with Crippen LogP contribution in [0.3, 0.4) is 0 Å². The number of nitrogens with zero attached hydrogens (tertiary/aromatic N) is 1. The summed E-state index contributed by atoms with van der Waals surface area (Å²) in [6.07, 6.45) is 5.06.